The van der Waals surface area contributed by atoms with Crippen LogP contribution in [0, 0.1) is 11.3 Å². The summed E-state index contributed by atoms with van der Waals surface area (Å²) in [5.41, 5.74) is 1.03. The van der Waals surface area contributed by atoms with Crippen LogP contribution < -0.4 is 10.1 Å². The fraction of sp³-hybridized carbons (Fsp3) is 0.211. The number of benzene rings is 2. The van der Waals surface area contributed by atoms with Crippen molar-refractivity contribution in [1.82, 2.24) is 0 Å². The molecule has 0 aliphatic rings. The molecule has 0 saturated carbocycles. The molecule has 0 heterocycles. The molecule has 0 saturated heterocycles. The van der Waals surface area contributed by atoms with E-state index in [0.29, 0.717) is 22.0 Å². The molecule has 6 nitrogen and oxygen atoms in total. The van der Waals surface area contributed by atoms with Crippen molar-refractivity contribution in [3.8, 4) is 11.8 Å². The van der Waals surface area contributed by atoms with Gasteiger partial charge in [0.2, 0.25) is 0 Å². The molecule has 0 aromatic heterocycles. The molecular weight excluding hydrogens is 356 g/mol. The molecule has 2 atom stereocenters. The summed E-state index contributed by atoms with van der Waals surface area (Å²) in [6.45, 7) is 2.99. The summed E-state index contributed by atoms with van der Waals surface area (Å²) in [6.07, 6.45) is -1.90. The molecule has 0 fully saturated rings. The van der Waals surface area contributed by atoms with Crippen LogP contribution in [0.25, 0.3) is 0 Å². The Bertz CT molecular complexity index is 813. The van der Waals surface area contributed by atoms with Crippen molar-refractivity contribution in [3.05, 3.63) is 59.1 Å². The van der Waals surface area contributed by atoms with Crippen molar-refractivity contribution in [2.75, 3.05) is 5.32 Å². The van der Waals surface area contributed by atoms with Gasteiger partial charge < -0.3 is 14.8 Å². The highest BCUT2D eigenvalue weighted by Crippen LogP contribution is 2.16. The molecule has 1 N–H and O–H groups in total. The molecule has 26 heavy (non-hydrogen) atoms. The highest BCUT2D eigenvalue weighted by Gasteiger charge is 2.23. The molecule has 2 aromatic carbocycles. The molecule has 0 unspecified atom stereocenters. The number of halogens is 1. The number of carbonyl (C=O) groups is 2. The maximum atomic E-state index is 12.1. The molecule has 134 valence electrons. The van der Waals surface area contributed by atoms with E-state index in [1.165, 1.54) is 13.8 Å². The average molecular weight is 373 g/mol. The summed E-state index contributed by atoms with van der Waals surface area (Å²) in [5.74, 6) is -0.717. The maximum Gasteiger partial charge on any atom is 0.347 e. The van der Waals surface area contributed by atoms with Crippen LogP contribution in [0.1, 0.15) is 19.4 Å². The van der Waals surface area contributed by atoms with Crippen LogP contribution in [0.4, 0.5) is 5.69 Å². The molecule has 2 rings (SSSR count). The van der Waals surface area contributed by atoms with Gasteiger partial charge in [-0.3, -0.25) is 4.79 Å². The Hall–Kier alpha value is -3.04. The summed E-state index contributed by atoms with van der Waals surface area (Å²) >= 11 is 5.79. The van der Waals surface area contributed by atoms with Crippen molar-refractivity contribution in [2.24, 2.45) is 0 Å². The number of ether oxygens (including phenoxy) is 2. The van der Waals surface area contributed by atoms with E-state index in [4.69, 9.17) is 26.3 Å². The smallest absolute Gasteiger partial charge is 0.347 e. The number of nitriles is 1. The van der Waals surface area contributed by atoms with Gasteiger partial charge in [0.05, 0.1) is 11.6 Å². The Morgan fingerprint density at radius 2 is 1.65 bits per heavy atom. The minimum Gasteiger partial charge on any atom is -0.479 e. The molecule has 0 radical (unpaired) electrons. The van der Waals surface area contributed by atoms with E-state index < -0.39 is 24.1 Å². The lowest BCUT2D eigenvalue weighted by molar-refractivity contribution is -0.159. The molecule has 7 heteroatoms. The van der Waals surface area contributed by atoms with E-state index in [1.807, 2.05) is 6.07 Å². The molecule has 0 bridgehead atoms. The number of carbonyl (C=O) groups excluding carboxylic acids is 2. The van der Waals surface area contributed by atoms with Crippen molar-refractivity contribution in [1.29, 1.82) is 5.26 Å². The van der Waals surface area contributed by atoms with Crippen LogP contribution in [0.2, 0.25) is 5.02 Å². The number of hydrogen-bond donors (Lipinski definition) is 1. The van der Waals surface area contributed by atoms with E-state index in [0.717, 1.165) is 0 Å². The van der Waals surface area contributed by atoms with Gasteiger partial charge in [0, 0.05) is 10.7 Å². The quantitative estimate of drug-likeness (QED) is 0.783. The van der Waals surface area contributed by atoms with E-state index in [-0.39, 0.29) is 0 Å². The third-order valence-electron chi connectivity index (χ3n) is 3.40. The summed E-state index contributed by atoms with van der Waals surface area (Å²) in [4.78, 5) is 24.2. The Balaban J connectivity index is 1.87. The maximum absolute atomic E-state index is 12.1. The molecule has 1 amide bonds. The first-order valence-electron chi connectivity index (χ1n) is 7.83. The Labute approximate surface area is 156 Å². The topological polar surface area (TPSA) is 88.4 Å². The lowest BCUT2D eigenvalue weighted by Gasteiger charge is -2.18. The van der Waals surface area contributed by atoms with Gasteiger partial charge in [-0.2, -0.15) is 5.26 Å². The SMILES string of the molecule is C[C@H](OC(=O)[C@H](C)Oc1ccc(C#N)cc1)C(=O)Nc1ccc(Cl)cc1. The molecule has 0 spiro atoms. The van der Waals surface area contributed by atoms with Gasteiger partial charge in [-0.25, -0.2) is 4.79 Å². The van der Waals surface area contributed by atoms with Gasteiger partial charge in [-0.1, -0.05) is 11.6 Å². The Morgan fingerprint density at radius 3 is 2.23 bits per heavy atom. The normalized spacial score (nSPS) is 12.4. The third kappa shape index (κ3) is 5.50. The second-order valence-electron chi connectivity index (χ2n) is 5.47. The largest absolute Gasteiger partial charge is 0.479 e. The second kappa shape index (κ2) is 8.88. The van der Waals surface area contributed by atoms with Crippen molar-refractivity contribution in [2.45, 2.75) is 26.1 Å². The predicted molar refractivity (Wildman–Crippen MR) is 96.9 cm³/mol. The van der Waals surface area contributed by atoms with Gasteiger partial charge in [0.25, 0.3) is 5.91 Å². The fourth-order valence-corrected chi connectivity index (χ4v) is 2.09. The molecule has 0 aliphatic carbocycles. The number of rotatable bonds is 6. The lowest BCUT2D eigenvalue weighted by Crippen LogP contribution is -2.35. The zero-order valence-electron chi connectivity index (χ0n) is 14.2. The lowest BCUT2D eigenvalue weighted by atomic mass is 10.2. The predicted octanol–water partition coefficient (Wildman–Crippen LogP) is 3.55. The van der Waals surface area contributed by atoms with Crippen LogP contribution in [0.3, 0.4) is 0 Å². The number of nitrogens with zero attached hydrogens (tertiary/aromatic N) is 1. The summed E-state index contributed by atoms with van der Waals surface area (Å²) in [5, 5.41) is 11.9. The minimum absolute atomic E-state index is 0.423. The highest BCUT2D eigenvalue weighted by atomic mass is 35.5. The number of anilines is 1. The molecular formula is C19H17ClN2O4. The number of nitrogens with one attached hydrogen (secondary N) is 1. The summed E-state index contributed by atoms with van der Waals surface area (Å²) in [7, 11) is 0. The van der Waals surface area contributed by atoms with Crippen LogP contribution in [-0.2, 0) is 14.3 Å². The van der Waals surface area contributed by atoms with Gasteiger partial charge in [-0.15, -0.1) is 0 Å². The third-order valence-corrected chi connectivity index (χ3v) is 3.65. The first kappa shape index (κ1) is 19.3. The summed E-state index contributed by atoms with van der Waals surface area (Å²) < 4.78 is 10.6. The van der Waals surface area contributed by atoms with Gasteiger partial charge in [-0.05, 0) is 62.4 Å². The monoisotopic (exact) mass is 372 g/mol. The Kier molecular flexibility index (Phi) is 6.59. The summed E-state index contributed by atoms with van der Waals surface area (Å²) in [6, 6.07) is 14.9. The zero-order chi connectivity index (χ0) is 19.1. The van der Waals surface area contributed by atoms with Gasteiger partial charge in [0.1, 0.15) is 5.75 Å². The van der Waals surface area contributed by atoms with Gasteiger partial charge >= 0.3 is 5.97 Å². The molecule has 0 aliphatic heterocycles. The van der Waals surface area contributed by atoms with Crippen molar-refractivity contribution >= 4 is 29.2 Å². The number of esters is 1. The first-order valence-corrected chi connectivity index (χ1v) is 8.20. The molecule has 2 aromatic rings. The van der Waals surface area contributed by atoms with E-state index in [2.05, 4.69) is 5.32 Å². The van der Waals surface area contributed by atoms with Gasteiger partial charge in [0.15, 0.2) is 12.2 Å². The van der Waals surface area contributed by atoms with E-state index >= 15 is 0 Å². The standard InChI is InChI=1S/C19H17ClN2O4/c1-12(18(23)22-16-7-5-15(20)6-8-16)26-19(24)13(2)25-17-9-3-14(11-21)4-10-17/h3-10,12-13H,1-2H3,(H,22,23)/t12-,13-/m0/s1. The van der Waals surface area contributed by atoms with E-state index in [1.54, 1.807) is 48.5 Å². The average Bonchev–Trinajstić information content (AvgIpc) is 2.64. The fourth-order valence-electron chi connectivity index (χ4n) is 1.96. The second-order valence-corrected chi connectivity index (χ2v) is 5.91. The highest BCUT2D eigenvalue weighted by molar-refractivity contribution is 6.30. The van der Waals surface area contributed by atoms with E-state index in [9.17, 15) is 9.59 Å². The minimum atomic E-state index is -0.995. The first-order chi connectivity index (χ1) is 12.4. The van der Waals surface area contributed by atoms with Crippen LogP contribution >= 0.6 is 11.6 Å². The van der Waals surface area contributed by atoms with Crippen LogP contribution in [0.5, 0.6) is 5.75 Å². The van der Waals surface area contributed by atoms with Crippen molar-refractivity contribution in [3.63, 3.8) is 0 Å². The van der Waals surface area contributed by atoms with Crippen LogP contribution in [-0.4, -0.2) is 24.1 Å². The zero-order valence-corrected chi connectivity index (χ0v) is 15.0. The Morgan fingerprint density at radius 1 is 1.04 bits per heavy atom. The number of hydrogen-bond acceptors (Lipinski definition) is 5. The number of amides is 1. The van der Waals surface area contributed by atoms with Crippen LogP contribution in [0.15, 0.2) is 48.5 Å². The van der Waals surface area contributed by atoms with Crippen molar-refractivity contribution < 1.29 is 19.1 Å².